The largest absolute Gasteiger partial charge is 0.368 e. The summed E-state index contributed by atoms with van der Waals surface area (Å²) in [6.07, 6.45) is 2.52. The Morgan fingerprint density at radius 3 is 2.46 bits per heavy atom. The van der Waals surface area contributed by atoms with E-state index in [1.807, 2.05) is 11.8 Å². The van der Waals surface area contributed by atoms with Gasteiger partial charge >= 0.3 is 0 Å². The second-order valence-corrected chi connectivity index (χ2v) is 8.33. The maximum Gasteiger partial charge on any atom is 0.102 e. The van der Waals surface area contributed by atoms with Gasteiger partial charge in [0.25, 0.3) is 0 Å². The molecule has 0 saturated carbocycles. The zero-order valence-corrected chi connectivity index (χ0v) is 11.5. The van der Waals surface area contributed by atoms with Gasteiger partial charge in [-0.2, -0.15) is 0 Å². The molecule has 0 N–H and O–H groups in total. The molecule has 0 bridgehead atoms. The van der Waals surface area contributed by atoms with Gasteiger partial charge in [0.05, 0.1) is 0 Å². The van der Waals surface area contributed by atoms with E-state index in [1.54, 1.807) is 0 Å². The van der Waals surface area contributed by atoms with Gasteiger partial charge in [0.1, 0.15) is 5.44 Å². The van der Waals surface area contributed by atoms with Gasteiger partial charge in [0.2, 0.25) is 0 Å². The Bertz CT molecular complexity index is 109. The third kappa shape index (κ3) is 8.85. The van der Waals surface area contributed by atoms with E-state index in [4.69, 9.17) is 4.74 Å². The van der Waals surface area contributed by atoms with Crippen molar-refractivity contribution in [3.05, 3.63) is 0 Å². The van der Waals surface area contributed by atoms with Crippen LogP contribution in [0.4, 0.5) is 0 Å². The highest BCUT2D eigenvalue weighted by Crippen LogP contribution is 2.17. The third-order valence-electron chi connectivity index (χ3n) is 1.92. The Balaban J connectivity index is 3.27. The molecule has 0 aromatic carbocycles. The van der Waals surface area contributed by atoms with Crippen molar-refractivity contribution in [2.24, 2.45) is 0 Å². The topological polar surface area (TPSA) is 9.23 Å². The fourth-order valence-electron chi connectivity index (χ4n) is 1.18. The van der Waals surface area contributed by atoms with Crippen LogP contribution in [0.1, 0.15) is 26.7 Å². The smallest absolute Gasteiger partial charge is 0.102 e. The van der Waals surface area contributed by atoms with Crippen LogP contribution in [-0.4, -0.2) is 26.6 Å². The van der Waals surface area contributed by atoms with E-state index < -0.39 is 0 Å². The zero-order chi connectivity index (χ0) is 10.1. The minimum absolute atomic E-state index is 0.313. The molecule has 0 saturated heterocycles. The van der Waals surface area contributed by atoms with Crippen molar-refractivity contribution in [1.82, 2.24) is 0 Å². The Morgan fingerprint density at radius 1 is 1.31 bits per heavy atom. The summed E-state index contributed by atoms with van der Waals surface area (Å²) in [6, 6.07) is 1.48. The van der Waals surface area contributed by atoms with E-state index in [2.05, 4.69) is 26.9 Å². The Labute approximate surface area is 89.2 Å². The molecule has 0 heterocycles. The molecule has 0 aromatic heterocycles. The molecule has 1 unspecified atom stereocenters. The molecule has 1 nitrogen and oxygen atoms in total. The predicted molar refractivity (Wildman–Crippen MR) is 66.5 cm³/mol. The van der Waals surface area contributed by atoms with Crippen LogP contribution in [0, 0.1) is 0 Å². The lowest BCUT2D eigenvalue weighted by Crippen LogP contribution is -2.08. The van der Waals surface area contributed by atoms with E-state index in [0.29, 0.717) is 5.44 Å². The Morgan fingerprint density at radius 2 is 2.00 bits per heavy atom. The second-order valence-electron chi connectivity index (χ2n) is 3.70. The Hall–Kier alpha value is 0.527. The number of thioether (sulfide) groups is 1. The SMILES string of the molecule is CCOC(CC)SCCC[SiH](C)C. The van der Waals surface area contributed by atoms with Crippen molar-refractivity contribution >= 4 is 20.6 Å². The van der Waals surface area contributed by atoms with Crippen LogP contribution in [0.5, 0.6) is 0 Å². The fourth-order valence-corrected chi connectivity index (χ4v) is 3.56. The van der Waals surface area contributed by atoms with Crippen LogP contribution in [0.3, 0.4) is 0 Å². The van der Waals surface area contributed by atoms with Crippen LogP contribution in [0.2, 0.25) is 19.1 Å². The number of hydrogen-bond acceptors (Lipinski definition) is 2. The van der Waals surface area contributed by atoms with E-state index in [9.17, 15) is 0 Å². The highest BCUT2D eigenvalue weighted by atomic mass is 32.2. The minimum Gasteiger partial charge on any atom is -0.368 e. The van der Waals surface area contributed by atoms with E-state index in [-0.39, 0.29) is 8.80 Å². The van der Waals surface area contributed by atoms with E-state index >= 15 is 0 Å². The van der Waals surface area contributed by atoms with Crippen LogP contribution >= 0.6 is 11.8 Å². The van der Waals surface area contributed by atoms with Crippen LogP contribution in [0.25, 0.3) is 0 Å². The molecular weight excluding hydrogens is 196 g/mol. The van der Waals surface area contributed by atoms with E-state index in [1.165, 1.54) is 18.2 Å². The molecule has 0 aromatic rings. The maximum absolute atomic E-state index is 5.57. The Kier molecular flexibility index (Phi) is 9.47. The quantitative estimate of drug-likeness (QED) is 0.352. The first-order valence-corrected chi connectivity index (χ1v) is 9.61. The molecule has 0 aliphatic rings. The predicted octanol–water partition coefficient (Wildman–Crippen LogP) is 3.37. The molecule has 0 aliphatic heterocycles. The molecule has 3 heteroatoms. The lowest BCUT2D eigenvalue weighted by molar-refractivity contribution is 0.122. The van der Waals surface area contributed by atoms with Gasteiger partial charge in [-0.05, 0) is 25.5 Å². The zero-order valence-electron chi connectivity index (χ0n) is 9.51. The monoisotopic (exact) mass is 220 g/mol. The first-order valence-electron chi connectivity index (χ1n) is 5.43. The summed E-state index contributed by atoms with van der Waals surface area (Å²) in [4.78, 5) is 0. The molecule has 0 spiro atoms. The molecule has 0 radical (unpaired) electrons. The maximum atomic E-state index is 5.57. The molecule has 0 aliphatic carbocycles. The molecule has 0 rings (SSSR count). The van der Waals surface area contributed by atoms with Gasteiger partial charge in [0.15, 0.2) is 0 Å². The minimum atomic E-state index is -0.313. The van der Waals surface area contributed by atoms with Gasteiger partial charge < -0.3 is 4.74 Å². The summed E-state index contributed by atoms with van der Waals surface area (Å²) >= 11 is 1.99. The first-order chi connectivity index (χ1) is 6.20. The molecule has 0 amide bonds. The lowest BCUT2D eigenvalue weighted by atomic mass is 10.5. The summed E-state index contributed by atoms with van der Waals surface area (Å²) in [7, 11) is -0.313. The summed E-state index contributed by atoms with van der Waals surface area (Å²) in [5, 5.41) is 0. The van der Waals surface area contributed by atoms with Gasteiger partial charge in [-0.25, -0.2) is 0 Å². The van der Waals surface area contributed by atoms with Crippen molar-refractivity contribution in [3.63, 3.8) is 0 Å². The van der Waals surface area contributed by atoms with E-state index in [0.717, 1.165) is 13.0 Å². The highest BCUT2D eigenvalue weighted by Gasteiger charge is 2.05. The van der Waals surface area contributed by atoms with Crippen molar-refractivity contribution in [1.29, 1.82) is 0 Å². The number of ether oxygens (including phenoxy) is 1. The van der Waals surface area contributed by atoms with Gasteiger partial charge in [-0.1, -0.05) is 26.1 Å². The number of rotatable bonds is 8. The van der Waals surface area contributed by atoms with Gasteiger partial charge in [0, 0.05) is 15.4 Å². The van der Waals surface area contributed by atoms with Gasteiger partial charge in [-0.3, -0.25) is 0 Å². The average Bonchev–Trinajstić information content (AvgIpc) is 2.10. The summed E-state index contributed by atoms with van der Waals surface area (Å²) in [5.74, 6) is 1.28. The van der Waals surface area contributed by atoms with Crippen molar-refractivity contribution in [3.8, 4) is 0 Å². The van der Waals surface area contributed by atoms with Crippen molar-refractivity contribution in [2.45, 2.75) is 51.3 Å². The van der Waals surface area contributed by atoms with Crippen molar-refractivity contribution in [2.75, 3.05) is 12.4 Å². The molecular formula is C10H24OSSi. The number of hydrogen-bond donors (Lipinski definition) is 0. The van der Waals surface area contributed by atoms with Crippen LogP contribution < -0.4 is 0 Å². The normalized spacial score (nSPS) is 13.6. The summed E-state index contributed by atoms with van der Waals surface area (Å²) < 4.78 is 5.57. The lowest BCUT2D eigenvalue weighted by Gasteiger charge is -2.14. The first kappa shape index (κ1) is 13.5. The van der Waals surface area contributed by atoms with Crippen LogP contribution in [0.15, 0.2) is 0 Å². The molecule has 80 valence electrons. The molecule has 0 fully saturated rings. The standard InChI is InChI=1S/C10H24OSSi/c1-5-10(11-6-2)12-8-7-9-13(3)4/h10,13H,5-9H2,1-4H3. The highest BCUT2D eigenvalue weighted by molar-refractivity contribution is 7.99. The fraction of sp³-hybridized carbons (Fsp3) is 1.00. The molecule has 13 heavy (non-hydrogen) atoms. The van der Waals surface area contributed by atoms with Gasteiger partial charge in [-0.15, -0.1) is 11.8 Å². The summed E-state index contributed by atoms with van der Waals surface area (Å²) in [6.45, 7) is 9.97. The molecule has 1 atom stereocenters. The second kappa shape index (κ2) is 9.10. The average molecular weight is 220 g/mol. The van der Waals surface area contributed by atoms with Crippen LogP contribution in [-0.2, 0) is 4.74 Å². The summed E-state index contributed by atoms with van der Waals surface area (Å²) in [5.41, 5.74) is 0.443. The third-order valence-corrected chi connectivity index (χ3v) is 4.84. The van der Waals surface area contributed by atoms with Crippen molar-refractivity contribution < 1.29 is 4.74 Å².